The van der Waals surface area contributed by atoms with Crippen LogP contribution in [0, 0.1) is 0 Å². The van der Waals surface area contributed by atoms with E-state index in [0.29, 0.717) is 6.42 Å². The summed E-state index contributed by atoms with van der Waals surface area (Å²) in [5, 5.41) is 8.63. The largest absolute Gasteiger partial charge is 0.332 e. The Hall–Kier alpha value is -2.89. The summed E-state index contributed by atoms with van der Waals surface area (Å²) < 4.78 is 0. The molecule has 1 aromatic heterocycles. The molecule has 0 saturated carbocycles. The van der Waals surface area contributed by atoms with E-state index in [0.717, 1.165) is 22.4 Å². The SMILES string of the molecule is C[C@H](NC(=O)N[C@@H](C)c1ccc2c(c1)CC(=O)N2)c1cccnc1. The lowest BCUT2D eigenvalue weighted by Crippen LogP contribution is -2.38. The van der Waals surface area contributed by atoms with Crippen LogP contribution in [-0.4, -0.2) is 16.9 Å². The molecule has 1 aliphatic rings. The van der Waals surface area contributed by atoms with Crippen LogP contribution in [0.2, 0.25) is 0 Å². The molecule has 2 atom stereocenters. The number of benzene rings is 1. The number of carbonyl (C=O) groups is 2. The first kappa shape index (κ1) is 16.0. The second-order valence-corrected chi connectivity index (χ2v) is 5.99. The molecule has 0 bridgehead atoms. The molecule has 0 spiro atoms. The van der Waals surface area contributed by atoms with E-state index in [-0.39, 0.29) is 24.0 Å². The molecule has 3 rings (SSSR count). The highest BCUT2D eigenvalue weighted by Crippen LogP contribution is 2.26. The van der Waals surface area contributed by atoms with Gasteiger partial charge in [0.2, 0.25) is 5.91 Å². The molecule has 1 aromatic carbocycles. The molecule has 3 amide bonds. The van der Waals surface area contributed by atoms with Crippen LogP contribution in [0.15, 0.2) is 42.7 Å². The van der Waals surface area contributed by atoms with E-state index in [1.807, 2.05) is 44.2 Å². The first-order chi connectivity index (χ1) is 11.5. The number of hydrogen-bond acceptors (Lipinski definition) is 3. The second kappa shape index (κ2) is 6.70. The van der Waals surface area contributed by atoms with Crippen LogP contribution >= 0.6 is 0 Å². The predicted octanol–water partition coefficient (Wildman–Crippen LogP) is 2.70. The Kier molecular flexibility index (Phi) is 4.46. The number of amides is 3. The zero-order chi connectivity index (χ0) is 17.1. The average Bonchev–Trinajstić information content (AvgIpc) is 2.94. The fourth-order valence-electron chi connectivity index (χ4n) is 2.75. The Morgan fingerprint density at radius 1 is 1.17 bits per heavy atom. The van der Waals surface area contributed by atoms with Gasteiger partial charge in [0.25, 0.3) is 0 Å². The quantitative estimate of drug-likeness (QED) is 0.808. The van der Waals surface area contributed by atoms with Gasteiger partial charge in [-0.2, -0.15) is 0 Å². The molecule has 0 radical (unpaired) electrons. The summed E-state index contributed by atoms with van der Waals surface area (Å²) in [6.07, 6.45) is 3.82. The standard InChI is InChI=1S/C18H20N4O2/c1-11(13-5-6-16-15(8-13)9-17(23)22-16)20-18(24)21-12(2)14-4-3-7-19-10-14/h3-8,10-12H,9H2,1-2H3,(H,22,23)(H2,20,21,24)/t11-,12-/m0/s1. The van der Waals surface area contributed by atoms with E-state index >= 15 is 0 Å². The Morgan fingerprint density at radius 3 is 2.62 bits per heavy atom. The number of pyridine rings is 1. The minimum Gasteiger partial charge on any atom is -0.332 e. The number of aromatic nitrogens is 1. The number of carbonyl (C=O) groups excluding carboxylic acids is 2. The topological polar surface area (TPSA) is 83.1 Å². The zero-order valence-electron chi connectivity index (χ0n) is 13.7. The predicted molar refractivity (Wildman–Crippen MR) is 91.5 cm³/mol. The normalized spacial score (nSPS) is 15.2. The van der Waals surface area contributed by atoms with Gasteiger partial charge in [-0.05, 0) is 42.7 Å². The van der Waals surface area contributed by atoms with Crippen molar-refractivity contribution in [2.75, 3.05) is 5.32 Å². The monoisotopic (exact) mass is 324 g/mol. The molecular formula is C18H20N4O2. The highest BCUT2D eigenvalue weighted by molar-refractivity contribution is 5.99. The van der Waals surface area contributed by atoms with Crippen molar-refractivity contribution in [3.05, 3.63) is 59.4 Å². The first-order valence-corrected chi connectivity index (χ1v) is 7.92. The van der Waals surface area contributed by atoms with Crippen LogP contribution in [-0.2, 0) is 11.2 Å². The van der Waals surface area contributed by atoms with Gasteiger partial charge >= 0.3 is 6.03 Å². The number of nitrogens with one attached hydrogen (secondary N) is 3. The summed E-state index contributed by atoms with van der Waals surface area (Å²) in [5.41, 5.74) is 3.73. The molecule has 0 aliphatic carbocycles. The molecule has 2 aromatic rings. The molecule has 6 heteroatoms. The summed E-state index contributed by atoms with van der Waals surface area (Å²) in [4.78, 5) is 27.7. The Labute approximate surface area is 140 Å². The van der Waals surface area contributed by atoms with Crippen LogP contribution in [0.5, 0.6) is 0 Å². The molecule has 124 valence electrons. The maximum absolute atomic E-state index is 12.2. The lowest BCUT2D eigenvalue weighted by molar-refractivity contribution is -0.115. The average molecular weight is 324 g/mol. The Morgan fingerprint density at radius 2 is 1.92 bits per heavy atom. The zero-order valence-corrected chi connectivity index (χ0v) is 13.7. The van der Waals surface area contributed by atoms with E-state index in [1.54, 1.807) is 12.4 Å². The molecule has 2 heterocycles. The van der Waals surface area contributed by atoms with Crippen molar-refractivity contribution in [1.29, 1.82) is 0 Å². The van der Waals surface area contributed by atoms with Crippen LogP contribution < -0.4 is 16.0 Å². The molecule has 0 unspecified atom stereocenters. The van der Waals surface area contributed by atoms with Gasteiger partial charge in [-0.3, -0.25) is 9.78 Å². The highest BCUT2D eigenvalue weighted by atomic mass is 16.2. The molecular weight excluding hydrogens is 304 g/mol. The van der Waals surface area contributed by atoms with Gasteiger partial charge in [-0.15, -0.1) is 0 Å². The third-order valence-electron chi connectivity index (χ3n) is 4.13. The Balaban J connectivity index is 1.60. The van der Waals surface area contributed by atoms with Gasteiger partial charge < -0.3 is 16.0 Å². The Bertz CT molecular complexity index is 761. The van der Waals surface area contributed by atoms with Crippen molar-refractivity contribution in [1.82, 2.24) is 15.6 Å². The van der Waals surface area contributed by atoms with Gasteiger partial charge in [0.05, 0.1) is 18.5 Å². The van der Waals surface area contributed by atoms with Crippen molar-refractivity contribution in [3.8, 4) is 0 Å². The van der Waals surface area contributed by atoms with Crippen LogP contribution in [0.4, 0.5) is 10.5 Å². The highest BCUT2D eigenvalue weighted by Gasteiger charge is 2.19. The van der Waals surface area contributed by atoms with Gasteiger partial charge in [-0.25, -0.2) is 4.79 Å². The van der Waals surface area contributed by atoms with Crippen molar-refractivity contribution in [2.24, 2.45) is 0 Å². The van der Waals surface area contributed by atoms with E-state index in [4.69, 9.17) is 0 Å². The van der Waals surface area contributed by atoms with Crippen molar-refractivity contribution < 1.29 is 9.59 Å². The second-order valence-electron chi connectivity index (χ2n) is 5.99. The molecule has 0 fully saturated rings. The maximum Gasteiger partial charge on any atom is 0.315 e. The van der Waals surface area contributed by atoms with Gasteiger partial charge in [-0.1, -0.05) is 18.2 Å². The minimum atomic E-state index is -0.242. The van der Waals surface area contributed by atoms with Crippen molar-refractivity contribution in [3.63, 3.8) is 0 Å². The summed E-state index contributed by atoms with van der Waals surface area (Å²) in [6, 6.07) is 8.99. The number of hydrogen-bond donors (Lipinski definition) is 3. The lowest BCUT2D eigenvalue weighted by atomic mass is 10.0. The van der Waals surface area contributed by atoms with Crippen molar-refractivity contribution >= 4 is 17.6 Å². The summed E-state index contributed by atoms with van der Waals surface area (Å²) in [7, 11) is 0. The van der Waals surface area contributed by atoms with Gasteiger partial charge in [0, 0.05) is 18.1 Å². The fraction of sp³-hybridized carbons (Fsp3) is 0.278. The van der Waals surface area contributed by atoms with Crippen LogP contribution in [0.3, 0.4) is 0 Å². The van der Waals surface area contributed by atoms with E-state index in [9.17, 15) is 9.59 Å². The van der Waals surface area contributed by atoms with E-state index < -0.39 is 0 Å². The smallest absolute Gasteiger partial charge is 0.315 e. The first-order valence-electron chi connectivity index (χ1n) is 7.92. The summed E-state index contributed by atoms with van der Waals surface area (Å²) >= 11 is 0. The summed E-state index contributed by atoms with van der Waals surface area (Å²) in [6.45, 7) is 3.83. The molecule has 24 heavy (non-hydrogen) atoms. The lowest BCUT2D eigenvalue weighted by Gasteiger charge is -2.19. The fourth-order valence-corrected chi connectivity index (χ4v) is 2.75. The number of fused-ring (bicyclic) bond motifs is 1. The number of rotatable bonds is 4. The third-order valence-corrected chi connectivity index (χ3v) is 4.13. The molecule has 3 N–H and O–H groups in total. The number of anilines is 1. The van der Waals surface area contributed by atoms with Crippen molar-refractivity contribution in [2.45, 2.75) is 32.4 Å². The molecule has 1 aliphatic heterocycles. The molecule has 6 nitrogen and oxygen atoms in total. The van der Waals surface area contributed by atoms with Gasteiger partial charge in [0.15, 0.2) is 0 Å². The minimum absolute atomic E-state index is 0.00537. The van der Waals surface area contributed by atoms with Gasteiger partial charge in [0.1, 0.15) is 0 Å². The number of nitrogens with zero attached hydrogens (tertiary/aromatic N) is 1. The molecule has 0 saturated heterocycles. The van der Waals surface area contributed by atoms with Crippen LogP contribution in [0.25, 0.3) is 0 Å². The third kappa shape index (κ3) is 3.53. The number of urea groups is 1. The maximum atomic E-state index is 12.2. The van der Waals surface area contributed by atoms with Crippen LogP contribution in [0.1, 0.15) is 42.6 Å². The van der Waals surface area contributed by atoms with E-state index in [1.165, 1.54) is 0 Å². The van der Waals surface area contributed by atoms with E-state index in [2.05, 4.69) is 20.9 Å². The summed E-state index contributed by atoms with van der Waals surface area (Å²) in [5.74, 6) is 0.00537.